The molecule has 7 rings (SSSR count). The van der Waals surface area contributed by atoms with Crippen LogP contribution in [0.25, 0.3) is 0 Å². The molecule has 5 atom stereocenters. The second kappa shape index (κ2) is 10.3. The highest BCUT2D eigenvalue weighted by Gasteiger charge is 2.73. The molecule has 2 amide bonds. The highest BCUT2D eigenvalue weighted by Crippen LogP contribution is 2.66. The third-order valence-corrected chi connectivity index (χ3v) is 11.2. The van der Waals surface area contributed by atoms with Gasteiger partial charge in [-0.15, -0.1) is 0 Å². The lowest BCUT2D eigenvalue weighted by Crippen LogP contribution is -2.56. The minimum absolute atomic E-state index is 0.0186. The summed E-state index contributed by atoms with van der Waals surface area (Å²) in [5, 5.41) is 3.52. The van der Waals surface area contributed by atoms with Gasteiger partial charge in [-0.25, -0.2) is 12.8 Å². The second-order valence-corrected chi connectivity index (χ2v) is 15.6. The number of halogens is 3. The number of hydrogen-bond donors (Lipinski definition) is 2. The molecule has 1 unspecified atom stereocenters. The minimum Gasteiger partial charge on any atom is -0.324 e. The lowest BCUT2D eigenvalue weighted by molar-refractivity contribution is -0.133. The zero-order chi connectivity index (χ0) is 31.2. The van der Waals surface area contributed by atoms with Gasteiger partial charge in [-0.1, -0.05) is 42.3 Å². The molecule has 44 heavy (non-hydrogen) atoms. The largest absolute Gasteiger partial charge is 0.324 e. The van der Waals surface area contributed by atoms with Crippen molar-refractivity contribution in [2.45, 2.75) is 44.2 Å². The summed E-state index contributed by atoms with van der Waals surface area (Å²) in [6.45, 7) is 2.81. The fraction of sp³-hybridized carbons (Fsp3) is 0.438. The summed E-state index contributed by atoms with van der Waals surface area (Å²) in [7, 11) is -3.47. The van der Waals surface area contributed by atoms with Crippen molar-refractivity contribution >= 4 is 62.1 Å². The number of carbonyl (C=O) groups excluding carboxylic acids is 2. The van der Waals surface area contributed by atoms with Crippen LogP contribution >= 0.6 is 23.2 Å². The molecule has 5 aliphatic rings. The molecular weight excluding hydrogens is 626 g/mol. The number of rotatable bonds is 6. The van der Waals surface area contributed by atoms with E-state index in [4.69, 9.17) is 23.2 Å². The van der Waals surface area contributed by atoms with E-state index in [-0.39, 0.29) is 29.3 Å². The van der Waals surface area contributed by atoms with Crippen LogP contribution in [0.15, 0.2) is 65.5 Å². The normalized spacial score (nSPS) is 31.8. The molecule has 2 saturated heterocycles. The van der Waals surface area contributed by atoms with Crippen LogP contribution in [0, 0.1) is 23.2 Å². The van der Waals surface area contributed by atoms with Crippen LogP contribution in [0.5, 0.6) is 0 Å². The first-order valence-corrected chi connectivity index (χ1v) is 17.5. The molecule has 1 spiro atoms. The standard InChI is InChI=1S/C32H33Cl2FN4O4S/c1-31(14-3-4-23(34)28(31)35)27-26-25(13-15-38(29(26)40)21-10-8-20(9-11-21)37-44(2,42)43)39(17-18-5-6-18)32(27)22-12-7-19(33)16-24(22)36-30(32)41/h3-4,7-12,16,18,25-27,37H,5-6,13-15,17H2,1-2H3,(H,36,41)/t25-,26+,27+,31?,32+/m0/s1. The molecule has 3 fully saturated rings. The smallest absolute Gasteiger partial charge is 0.249 e. The highest BCUT2D eigenvalue weighted by atomic mass is 35.5. The van der Waals surface area contributed by atoms with Crippen molar-refractivity contribution in [3.8, 4) is 0 Å². The third kappa shape index (κ3) is 4.51. The Balaban J connectivity index is 1.39. The fourth-order valence-corrected chi connectivity index (χ4v) is 9.24. The van der Waals surface area contributed by atoms with Gasteiger partial charge in [0.2, 0.25) is 21.8 Å². The predicted molar refractivity (Wildman–Crippen MR) is 170 cm³/mol. The maximum Gasteiger partial charge on any atom is 0.249 e. The average Bonchev–Trinajstić information content (AvgIpc) is 3.67. The molecule has 8 nitrogen and oxygen atoms in total. The summed E-state index contributed by atoms with van der Waals surface area (Å²) in [6.07, 6.45) is 7.37. The molecule has 232 valence electrons. The van der Waals surface area contributed by atoms with Gasteiger partial charge in [0.15, 0.2) is 0 Å². The Morgan fingerprint density at radius 2 is 1.82 bits per heavy atom. The molecule has 2 N–H and O–H groups in total. The van der Waals surface area contributed by atoms with Crippen molar-refractivity contribution in [3.05, 3.63) is 76.1 Å². The van der Waals surface area contributed by atoms with Gasteiger partial charge < -0.3 is 10.2 Å². The van der Waals surface area contributed by atoms with Crippen LogP contribution in [0.2, 0.25) is 5.02 Å². The summed E-state index contributed by atoms with van der Waals surface area (Å²) in [4.78, 5) is 33.3. The van der Waals surface area contributed by atoms with Crippen LogP contribution in [0.4, 0.5) is 21.5 Å². The Morgan fingerprint density at radius 1 is 1.09 bits per heavy atom. The van der Waals surface area contributed by atoms with Crippen molar-refractivity contribution in [2.75, 3.05) is 34.3 Å². The number of nitrogens with one attached hydrogen (secondary N) is 2. The average molecular weight is 660 g/mol. The second-order valence-electron chi connectivity index (χ2n) is 13.0. The van der Waals surface area contributed by atoms with Crippen LogP contribution < -0.4 is 14.9 Å². The lowest BCUT2D eigenvalue weighted by Gasteiger charge is -2.47. The van der Waals surface area contributed by atoms with E-state index in [0.717, 1.165) is 19.1 Å². The number of nitrogens with zero attached hydrogens (tertiary/aromatic N) is 2. The maximum atomic E-state index is 16.5. The molecule has 1 saturated carbocycles. The highest BCUT2D eigenvalue weighted by molar-refractivity contribution is 7.92. The zero-order valence-electron chi connectivity index (χ0n) is 24.3. The number of sulfonamides is 1. The van der Waals surface area contributed by atoms with Crippen LogP contribution in [0.3, 0.4) is 0 Å². The molecule has 2 aliphatic carbocycles. The van der Waals surface area contributed by atoms with Crippen LogP contribution in [-0.4, -0.2) is 50.5 Å². The van der Waals surface area contributed by atoms with Crippen molar-refractivity contribution in [3.63, 3.8) is 0 Å². The van der Waals surface area contributed by atoms with Gasteiger partial charge in [0.1, 0.15) is 11.4 Å². The van der Waals surface area contributed by atoms with Gasteiger partial charge in [-0.05, 0) is 74.1 Å². The van der Waals surface area contributed by atoms with Gasteiger partial charge in [0.05, 0.1) is 17.2 Å². The van der Waals surface area contributed by atoms with E-state index in [1.165, 1.54) is 0 Å². The minimum atomic E-state index is -3.47. The SMILES string of the molecule is CC1([C@H]2[C@@H]3C(=O)N(c4ccc(NS(C)(=O)=O)cc4)CC[C@@H]3N(CC3CC3)[C@@]23C(=O)Nc2cc(Cl)ccc23)CC=CC(Cl)=C1F. The maximum absolute atomic E-state index is 16.5. The summed E-state index contributed by atoms with van der Waals surface area (Å²) in [5.74, 6) is -2.11. The Bertz CT molecular complexity index is 1740. The monoisotopic (exact) mass is 658 g/mol. The number of piperidine rings is 1. The molecule has 0 aromatic heterocycles. The van der Waals surface area contributed by atoms with E-state index in [1.807, 2.05) is 12.1 Å². The Morgan fingerprint density at radius 3 is 2.50 bits per heavy atom. The number of carbonyl (C=O) groups is 2. The predicted octanol–water partition coefficient (Wildman–Crippen LogP) is 6.01. The zero-order valence-corrected chi connectivity index (χ0v) is 26.6. The van der Waals surface area contributed by atoms with E-state index >= 15 is 4.39 Å². The lowest BCUT2D eigenvalue weighted by atomic mass is 9.58. The van der Waals surface area contributed by atoms with E-state index in [2.05, 4.69) is 14.9 Å². The van der Waals surface area contributed by atoms with Gasteiger partial charge >= 0.3 is 0 Å². The number of anilines is 3. The summed E-state index contributed by atoms with van der Waals surface area (Å²) in [6, 6.07) is 11.6. The Hall–Kier alpha value is -2.92. The topological polar surface area (TPSA) is 98.8 Å². The first-order valence-electron chi connectivity index (χ1n) is 14.8. The number of likely N-dealkylation sites (tertiary alicyclic amines) is 1. The summed E-state index contributed by atoms with van der Waals surface area (Å²) in [5.41, 5.74) is -0.299. The first kappa shape index (κ1) is 29.8. The Labute approximate surface area is 266 Å². The third-order valence-electron chi connectivity index (χ3n) is 10.1. The number of hydrogen-bond acceptors (Lipinski definition) is 5. The van der Waals surface area contributed by atoms with Crippen molar-refractivity contribution in [1.29, 1.82) is 0 Å². The van der Waals surface area contributed by atoms with E-state index in [9.17, 15) is 18.0 Å². The molecule has 2 aromatic carbocycles. The quantitative estimate of drug-likeness (QED) is 0.396. The van der Waals surface area contributed by atoms with E-state index in [0.29, 0.717) is 53.1 Å². The summed E-state index contributed by atoms with van der Waals surface area (Å²) < 4.78 is 42.4. The Kier molecular flexibility index (Phi) is 6.97. The number of amides is 2. The van der Waals surface area contributed by atoms with Gasteiger partial charge in [-0.3, -0.25) is 19.2 Å². The van der Waals surface area contributed by atoms with Crippen molar-refractivity contribution in [1.82, 2.24) is 4.90 Å². The molecule has 0 bridgehead atoms. The van der Waals surface area contributed by atoms with Crippen molar-refractivity contribution < 1.29 is 22.4 Å². The molecule has 0 radical (unpaired) electrons. The van der Waals surface area contributed by atoms with Crippen LogP contribution in [0.1, 0.15) is 38.2 Å². The van der Waals surface area contributed by atoms with Gasteiger partial charge in [0, 0.05) is 58.1 Å². The van der Waals surface area contributed by atoms with E-state index in [1.54, 1.807) is 54.3 Å². The number of fused-ring (bicyclic) bond motifs is 3. The molecule has 12 heteroatoms. The number of benzene rings is 2. The summed E-state index contributed by atoms with van der Waals surface area (Å²) >= 11 is 12.8. The fourth-order valence-electron chi connectivity index (χ4n) is 8.20. The van der Waals surface area contributed by atoms with E-state index < -0.39 is 38.6 Å². The molecule has 2 aromatic rings. The van der Waals surface area contributed by atoms with Gasteiger partial charge in [0.25, 0.3) is 0 Å². The van der Waals surface area contributed by atoms with Crippen LogP contribution in [-0.2, 0) is 25.2 Å². The molecule has 3 heterocycles. The molecule has 3 aliphatic heterocycles. The van der Waals surface area contributed by atoms with Crippen molar-refractivity contribution in [2.24, 2.45) is 23.2 Å². The molecular formula is C32H33Cl2FN4O4S. The first-order chi connectivity index (χ1) is 20.8. The number of allylic oxidation sites excluding steroid dienone is 4. The van der Waals surface area contributed by atoms with Gasteiger partial charge in [-0.2, -0.15) is 0 Å².